The van der Waals surface area contributed by atoms with Crippen LogP contribution in [0, 0.1) is 11.3 Å². The predicted molar refractivity (Wildman–Crippen MR) is 112 cm³/mol. The van der Waals surface area contributed by atoms with E-state index in [0.29, 0.717) is 11.4 Å². The Kier molecular flexibility index (Phi) is 5.18. The highest BCUT2D eigenvalue weighted by atomic mass is 32.1. The second-order valence-corrected chi connectivity index (χ2v) is 7.36. The van der Waals surface area contributed by atoms with Gasteiger partial charge in [0.2, 0.25) is 5.82 Å². The molecule has 0 aliphatic heterocycles. The number of carbonyl (C=O) groups is 1. The number of hydrogen-bond acceptors (Lipinski definition) is 5. The molecule has 1 unspecified atom stereocenters. The molecule has 0 saturated heterocycles. The van der Waals surface area contributed by atoms with E-state index < -0.39 is 0 Å². The van der Waals surface area contributed by atoms with Crippen LogP contribution in [0.15, 0.2) is 72.1 Å². The van der Waals surface area contributed by atoms with Crippen molar-refractivity contribution in [3.8, 4) is 22.5 Å². The van der Waals surface area contributed by atoms with Gasteiger partial charge in [-0.25, -0.2) is 9.67 Å². The van der Waals surface area contributed by atoms with Crippen molar-refractivity contribution in [2.75, 3.05) is 0 Å². The molecule has 1 amide bonds. The topological polar surface area (TPSA) is 83.6 Å². The molecule has 0 spiro atoms. The monoisotopic (exact) mass is 399 g/mol. The summed E-state index contributed by atoms with van der Waals surface area (Å²) >= 11 is 1.54. The van der Waals surface area contributed by atoms with Gasteiger partial charge < -0.3 is 5.32 Å². The normalized spacial score (nSPS) is 11.6. The van der Waals surface area contributed by atoms with Crippen LogP contribution in [0.1, 0.15) is 34.7 Å². The highest BCUT2D eigenvalue weighted by molar-refractivity contribution is 7.13. The lowest BCUT2D eigenvalue weighted by Gasteiger charge is -2.13. The summed E-state index contributed by atoms with van der Waals surface area (Å²) in [5, 5.41) is 18.3. The molecule has 0 aliphatic rings. The van der Waals surface area contributed by atoms with Gasteiger partial charge in [0, 0.05) is 0 Å². The molecule has 4 rings (SSSR count). The molecule has 2 aromatic heterocycles. The first kappa shape index (κ1) is 18.6. The van der Waals surface area contributed by atoms with Crippen molar-refractivity contribution in [3.05, 3.63) is 89.1 Å². The summed E-state index contributed by atoms with van der Waals surface area (Å²) in [4.78, 5) is 18.3. The first-order valence-corrected chi connectivity index (χ1v) is 9.91. The maximum atomic E-state index is 12.8. The predicted octanol–water partition coefficient (Wildman–Crippen LogP) is 4.36. The van der Waals surface area contributed by atoms with Crippen molar-refractivity contribution in [3.63, 3.8) is 0 Å². The second-order valence-electron chi connectivity index (χ2n) is 6.41. The number of thiophene rings is 1. The molecule has 1 atom stereocenters. The van der Waals surface area contributed by atoms with E-state index in [9.17, 15) is 4.79 Å². The molecule has 2 aromatic carbocycles. The summed E-state index contributed by atoms with van der Waals surface area (Å²) in [6.07, 6.45) is 0. The largest absolute Gasteiger partial charge is 0.343 e. The van der Waals surface area contributed by atoms with Crippen LogP contribution < -0.4 is 5.32 Å². The minimum Gasteiger partial charge on any atom is -0.343 e. The first-order valence-electron chi connectivity index (χ1n) is 9.03. The van der Waals surface area contributed by atoms with Crippen LogP contribution in [0.2, 0.25) is 0 Å². The molecule has 0 radical (unpaired) electrons. The minimum atomic E-state index is -0.352. The highest BCUT2D eigenvalue weighted by Crippen LogP contribution is 2.25. The van der Waals surface area contributed by atoms with E-state index in [2.05, 4.69) is 21.5 Å². The van der Waals surface area contributed by atoms with Gasteiger partial charge in [0.25, 0.3) is 5.91 Å². The summed E-state index contributed by atoms with van der Waals surface area (Å²) in [7, 11) is 0. The summed E-state index contributed by atoms with van der Waals surface area (Å²) in [5.74, 6) is 0.384. The van der Waals surface area contributed by atoms with Crippen molar-refractivity contribution in [2.24, 2.45) is 0 Å². The Morgan fingerprint density at radius 2 is 1.86 bits per heavy atom. The molecule has 0 bridgehead atoms. The van der Waals surface area contributed by atoms with Crippen molar-refractivity contribution in [1.29, 1.82) is 5.26 Å². The Morgan fingerprint density at radius 1 is 1.10 bits per heavy atom. The van der Waals surface area contributed by atoms with Gasteiger partial charge in [-0.1, -0.05) is 36.4 Å². The van der Waals surface area contributed by atoms with Gasteiger partial charge in [0.05, 0.1) is 28.2 Å². The quantitative estimate of drug-likeness (QED) is 0.540. The second kappa shape index (κ2) is 8.09. The third kappa shape index (κ3) is 3.93. The van der Waals surface area contributed by atoms with E-state index in [-0.39, 0.29) is 17.8 Å². The van der Waals surface area contributed by atoms with Gasteiger partial charge in [-0.3, -0.25) is 4.79 Å². The van der Waals surface area contributed by atoms with E-state index in [0.717, 1.165) is 16.1 Å². The number of aromatic nitrogens is 3. The number of para-hydroxylation sites is 1. The van der Waals surface area contributed by atoms with Crippen LogP contribution in [0.5, 0.6) is 0 Å². The number of hydrogen-bond donors (Lipinski definition) is 1. The van der Waals surface area contributed by atoms with E-state index in [1.54, 1.807) is 28.2 Å². The third-order valence-corrected chi connectivity index (χ3v) is 5.31. The third-order valence-electron chi connectivity index (χ3n) is 4.44. The summed E-state index contributed by atoms with van der Waals surface area (Å²) < 4.78 is 1.69. The molecule has 29 heavy (non-hydrogen) atoms. The maximum Gasteiger partial charge on any atom is 0.291 e. The number of rotatable bonds is 5. The molecule has 142 valence electrons. The zero-order valence-corrected chi connectivity index (χ0v) is 16.4. The molecular formula is C22H17N5OS. The zero-order chi connectivity index (χ0) is 20.2. The van der Waals surface area contributed by atoms with Crippen molar-refractivity contribution < 1.29 is 4.79 Å². The van der Waals surface area contributed by atoms with Gasteiger partial charge in [-0.2, -0.15) is 5.26 Å². The van der Waals surface area contributed by atoms with E-state index in [4.69, 9.17) is 5.26 Å². The number of amides is 1. The van der Waals surface area contributed by atoms with Crippen LogP contribution in [0.3, 0.4) is 0 Å². The lowest BCUT2D eigenvalue weighted by atomic mass is 10.1. The fourth-order valence-electron chi connectivity index (χ4n) is 2.91. The number of nitrogens with one attached hydrogen (secondary N) is 1. The summed E-state index contributed by atoms with van der Waals surface area (Å²) in [6.45, 7) is 1.88. The van der Waals surface area contributed by atoms with Crippen LogP contribution in [-0.2, 0) is 0 Å². The van der Waals surface area contributed by atoms with E-state index >= 15 is 0 Å². The van der Waals surface area contributed by atoms with Gasteiger partial charge in [0.15, 0.2) is 5.82 Å². The molecule has 2 heterocycles. The number of benzene rings is 2. The molecule has 0 saturated carbocycles. The maximum absolute atomic E-state index is 12.8. The van der Waals surface area contributed by atoms with Crippen LogP contribution in [0.4, 0.5) is 0 Å². The van der Waals surface area contributed by atoms with Crippen molar-refractivity contribution in [1.82, 2.24) is 20.1 Å². The Hall–Kier alpha value is -3.76. The lowest BCUT2D eigenvalue weighted by molar-refractivity contribution is 0.0929. The van der Waals surface area contributed by atoms with Crippen LogP contribution in [-0.4, -0.2) is 20.7 Å². The van der Waals surface area contributed by atoms with Gasteiger partial charge in [-0.05, 0) is 48.2 Å². The SMILES string of the molecule is CC(NC(=O)c1nc(-c2cccs2)n(-c2ccccc2)n1)c1ccc(C#N)cc1. The number of nitriles is 1. The molecule has 4 aromatic rings. The first-order chi connectivity index (χ1) is 14.2. The zero-order valence-electron chi connectivity index (χ0n) is 15.6. The fourth-order valence-corrected chi connectivity index (χ4v) is 3.61. The molecular weight excluding hydrogens is 382 g/mol. The van der Waals surface area contributed by atoms with Gasteiger partial charge in [0.1, 0.15) is 0 Å². The molecule has 0 aliphatic carbocycles. The summed E-state index contributed by atoms with van der Waals surface area (Å²) in [5.41, 5.74) is 2.32. The molecule has 0 fully saturated rings. The van der Waals surface area contributed by atoms with Crippen molar-refractivity contribution >= 4 is 17.2 Å². The van der Waals surface area contributed by atoms with Gasteiger partial charge in [-0.15, -0.1) is 16.4 Å². The van der Waals surface area contributed by atoms with Crippen molar-refractivity contribution in [2.45, 2.75) is 13.0 Å². The van der Waals surface area contributed by atoms with E-state index in [1.807, 2.05) is 66.9 Å². The van der Waals surface area contributed by atoms with Crippen LogP contribution in [0.25, 0.3) is 16.4 Å². The standard InChI is InChI=1S/C22H17N5OS/c1-15(17-11-9-16(14-23)10-12-17)24-22(28)20-25-21(19-8-5-13-29-19)27(26-20)18-6-3-2-4-7-18/h2-13,15H,1H3,(H,24,28). The lowest BCUT2D eigenvalue weighted by Crippen LogP contribution is -2.27. The molecule has 1 N–H and O–H groups in total. The van der Waals surface area contributed by atoms with Gasteiger partial charge >= 0.3 is 0 Å². The smallest absolute Gasteiger partial charge is 0.291 e. The Balaban J connectivity index is 1.62. The molecule has 7 heteroatoms. The minimum absolute atomic E-state index is 0.109. The molecule has 6 nitrogen and oxygen atoms in total. The summed E-state index contributed by atoms with van der Waals surface area (Å²) in [6, 6.07) is 22.5. The van der Waals surface area contributed by atoms with E-state index in [1.165, 1.54) is 0 Å². The average Bonchev–Trinajstić information content (AvgIpc) is 3.44. The Labute approximate surface area is 172 Å². The highest BCUT2D eigenvalue weighted by Gasteiger charge is 2.21. The Morgan fingerprint density at radius 3 is 2.52 bits per heavy atom. The Bertz CT molecular complexity index is 1160. The average molecular weight is 399 g/mol. The number of carbonyl (C=O) groups excluding carboxylic acids is 1. The number of nitrogens with zero attached hydrogens (tertiary/aromatic N) is 4. The fraction of sp³-hybridized carbons (Fsp3) is 0.0909. The van der Waals surface area contributed by atoms with Crippen LogP contribution >= 0.6 is 11.3 Å².